The fourth-order valence-electron chi connectivity index (χ4n) is 1.93. The fraction of sp³-hybridized carbons (Fsp3) is 0.917. The number of hydrogen-bond acceptors (Lipinski definition) is 4. The molecule has 1 aliphatic rings. The summed E-state index contributed by atoms with van der Waals surface area (Å²) >= 11 is 1.80. The van der Waals surface area contributed by atoms with Gasteiger partial charge in [-0.1, -0.05) is 0 Å². The molecule has 0 aliphatic carbocycles. The quantitative estimate of drug-likeness (QED) is 0.625. The molecule has 1 amide bonds. The first-order valence-electron chi connectivity index (χ1n) is 6.51. The van der Waals surface area contributed by atoms with Gasteiger partial charge in [0.25, 0.3) is 0 Å². The molecule has 0 saturated carbocycles. The van der Waals surface area contributed by atoms with Gasteiger partial charge in [-0.15, -0.1) is 0 Å². The Morgan fingerprint density at radius 1 is 1.35 bits per heavy atom. The van der Waals surface area contributed by atoms with Crippen molar-refractivity contribution in [3.05, 3.63) is 0 Å². The van der Waals surface area contributed by atoms with E-state index in [9.17, 15) is 4.79 Å². The third-order valence-corrected chi connectivity index (χ3v) is 3.63. The lowest BCUT2D eigenvalue weighted by Gasteiger charge is -2.27. The number of thioether (sulfide) groups is 1. The number of nitrogens with one attached hydrogen (secondary N) is 2. The summed E-state index contributed by atoms with van der Waals surface area (Å²) in [6.07, 6.45) is 4.80. The maximum absolute atomic E-state index is 11.4. The van der Waals surface area contributed by atoms with Gasteiger partial charge in [0.15, 0.2) is 0 Å². The zero-order valence-corrected chi connectivity index (χ0v) is 11.7. The molecule has 0 atom stereocenters. The van der Waals surface area contributed by atoms with E-state index in [1.54, 1.807) is 11.8 Å². The van der Waals surface area contributed by atoms with E-state index in [0.29, 0.717) is 6.42 Å². The molecule has 1 heterocycles. The SMILES string of the molecule is CSCCCC(=O)NCCCN1CCNCC1. The molecule has 2 N–H and O–H groups in total. The molecule has 1 saturated heterocycles. The molecule has 17 heavy (non-hydrogen) atoms. The summed E-state index contributed by atoms with van der Waals surface area (Å²) in [5, 5.41) is 6.33. The number of carbonyl (C=O) groups excluding carboxylic acids is 1. The van der Waals surface area contributed by atoms with Crippen LogP contribution in [0.1, 0.15) is 19.3 Å². The van der Waals surface area contributed by atoms with Crippen LogP contribution >= 0.6 is 11.8 Å². The molecular weight excluding hydrogens is 234 g/mol. The van der Waals surface area contributed by atoms with Crippen LogP contribution in [0.3, 0.4) is 0 Å². The number of nitrogens with zero attached hydrogens (tertiary/aromatic N) is 1. The zero-order valence-electron chi connectivity index (χ0n) is 10.8. The Morgan fingerprint density at radius 2 is 2.12 bits per heavy atom. The highest BCUT2D eigenvalue weighted by atomic mass is 32.2. The van der Waals surface area contributed by atoms with Gasteiger partial charge in [0.05, 0.1) is 0 Å². The van der Waals surface area contributed by atoms with E-state index in [1.165, 1.54) is 0 Å². The van der Waals surface area contributed by atoms with Gasteiger partial charge in [-0.05, 0) is 31.4 Å². The third-order valence-electron chi connectivity index (χ3n) is 2.94. The predicted octanol–water partition coefficient (Wildman–Crippen LogP) is 0.541. The standard InChI is InChI=1S/C12H25N3OS/c1-17-11-2-4-12(16)14-5-3-8-15-9-6-13-7-10-15/h13H,2-11H2,1H3,(H,14,16). The van der Waals surface area contributed by atoms with Crippen LogP contribution in [0.5, 0.6) is 0 Å². The number of rotatable bonds is 8. The minimum absolute atomic E-state index is 0.208. The molecule has 1 fully saturated rings. The Bertz CT molecular complexity index is 208. The lowest BCUT2D eigenvalue weighted by Crippen LogP contribution is -2.44. The second kappa shape index (κ2) is 9.74. The highest BCUT2D eigenvalue weighted by Gasteiger charge is 2.08. The third kappa shape index (κ3) is 7.63. The predicted molar refractivity (Wildman–Crippen MR) is 74.6 cm³/mol. The first-order chi connectivity index (χ1) is 8.33. The van der Waals surface area contributed by atoms with Crippen molar-refractivity contribution in [3.63, 3.8) is 0 Å². The van der Waals surface area contributed by atoms with Gasteiger partial charge >= 0.3 is 0 Å². The minimum Gasteiger partial charge on any atom is -0.356 e. The van der Waals surface area contributed by atoms with Gasteiger partial charge in [-0.3, -0.25) is 4.79 Å². The summed E-state index contributed by atoms with van der Waals surface area (Å²) in [5.41, 5.74) is 0. The monoisotopic (exact) mass is 259 g/mol. The molecular formula is C12H25N3OS. The fourth-order valence-corrected chi connectivity index (χ4v) is 2.36. The van der Waals surface area contributed by atoms with Crippen molar-refractivity contribution in [1.82, 2.24) is 15.5 Å². The van der Waals surface area contributed by atoms with Crippen molar-refractivity contribution >= 4 is 17.7 Å². The maximum Gasteiger partial charge on any atom is 0.220 e. The topological polar surface area (TPSA) is 44.4 Å². The van der Waals surface area contributed by atoms with Gasteiger partial charge in [-0.2, -0.15) is 11.8 Å². The van der Waals surface area contributed by atoms with Crippen molar-refractivity contribution in [2.24, 2.45) is 0 Å². The van der Waals surface area contributed by atoms with Crippen molar-refractivity contribution < 1.29 is 4.79 Å². The molecule has 0 aromatic rings. The van der Waals surface area contributed by atoms with Crippen LogP contribution in [0, 0.1) is 0 Å². The zero-order chi connectivity index (χ0) is 12.3. The normalized spacial score (nSPS) is 17.0. The Balaban J connectivity index is 1.90. The van der Waals surface area contributed by atoms with Gasteiger partial charge in [0, 0.05) is 39.1 Å². The van der Waals surface area contributed by atoms with Crippen LogP contribution < -0.4 is 10.6 Å². The van der Waals surface area contributed by atoms with Crippen molar-refractivity contribution in [2.45, 2.75) is 19.3 Å². The number of piperazine rings is 1. The van der Waals surface area contributed by atoms with Gasteiger partial charge < -0.3 is 15.5 Å². The lowest BCUT2D eigenvalue weighted by atomic mass is 10.3. The Morgan fingerprint density at radius 3 is 2.82 bits per heavy atom. The molecule has 5 heteroatoms. The second-order valence-electron chi connectivity index (χ2n) is 4.39. The van der Waals surface area contributed by atoms with E-state index in [-0.39, 0.29) is 5.91 Å². The average Bonchev–Trinajstić information content (AvgIpc) is 2.36. The molecule has 4 nitrogen and oxygen atoms in total. The molecule has 0 spiro atoms. The van der Waals surface area contributed by atoms with Crippen molar-refractivity contribution in [3.8, 4) is 0 Å². The minimum atomic E-state index is 0.208. The summed E-state index contributed by atoms with van der Waals surface area (Å²) in [5.74, 6) is 1.29. The van der Waals surface area contributed by atoms with Gasteiger partial charge in [0.1, 0.15) is 0 Å². The summed E-state index contributed by atoms with van der Waals surface area (Å²) in [4.78, 5) is 13.9. The van der Waals surface area contributed by atoms with Crippen LogP contribution in [0.25, 0.3) is 0 Å². The van der Waals surface area contributed by atoms with Crippen LogP contribution in [0.4, 0.5) is 0 Å². The molecule has 100 valence electrons. The first kappa shape index (κ1) is 14.8. The Kier molecular flexibility index (Phi) is 8.48. The highest BCUT2D eigenvalue weighted by Crippen LogP contribution is 1.99. The Hall–Kier alpha value is -0.260. The average molecular weight is 259 g/mol. The number of amides is 1. The van der Waals surface area contributed by atoms with Crippen LogP contribution in [0.2, 0.25) is 0 Å². The summed E-state index contributed by atoms with van der Waals surface area (Å²) in [6, 6.07) is 0. The van der Waals surface area contributed by atoms with Crippen LogP contribution in [-0.2, 0) is 4.79 Å². The summed E-state index contributed by atoms with van der Waals surface area (Å²) < 4.78 is 0. The lowest BCUT2D eigenvalue weighted by molar-refractivity contribution is -0.121. The maximum atomic E-state index is 11.4. The molecule has 1 rings (SSSR count). The molecule has 1 aliphatic heterocycles. The van der Waals surface area contributed by atoms with Crippen molar-refractivity contribution in [1.29, 1.82) is 0 Å². The van der Waals surface area contributed by atoms with Crippen LogP contribution in [-0.4, -0.2) is 62.1 Å². The van der Waals surface area contributed by atoms with E-state index in [0.717, 1.165) is 57.9 Å². The Labute approximate surface area is 109 Å². The largest absolute Gasteiger partial charge is 0.356 e. The van der Waals surface area contributed by atoms with Crippen LogP contribution in [0.15, 0.2) is 0 Å². The molecule has 0 aromatic heterocycles. The van der Waals surface area contributed by atoms with Gasteiger partial charge in [0.2, 0.25) is 5.91 Å². The highest BCUT2D eigenvalue weighted by molar-refractivity contribution is 7.98. The van der Waals surface area contributed by atoms with Gasteiger partial charge in [-0.25, -0.2) is 0 Å². The number of hydrogen-bond donors (Lipinski definition) is 2. The molecule has 0 aromatic carbocycles. The molecule has 0 radical (unpaired) electrons. The van der Waals surface area contributed by atoms with E-state index in [2.05, 4.69) is 21.8 Å². The first-order valence-corrected chi connectivity index (χ1v) is 7.91. The molecule has 0 unspecified atom stereocenters. The second-order valence-corrected chi connectivity index (χ2v) is 5.38. The smallest absolute Gasteiger partial charge is 0.220 e. The number of carbonyl (C=O) groups is 1. The van der Waals surface area contributed by atoms with Crippen molar-refractivity contribution in [2.75, 3.05) is 51.3 Å². The molecule has 0 bridgehead atoms. The van der Waals surface area contributed by atoms with E-state index in [4.69, 9.17) is 0 Å². The van der Waals surface area contributed by atoms with E-state index < -0.39 is 0 Å². The summed E-state index contributed by atoms with van der Waals surface area (Å²) in [7, 11) is 0. The summed E-state index contributed by atoms with van der Waals surface area (Å²) in [6.45, 7) is 6.40. The van der Waals surface area contributed by atoms with E-state index in [1.807, 2.05) is 0 Å². The van der Waals surface area contributed by atoms with E-state index >= 15 is 0 Å².